The quantitative estimate of drug-likeness (QED) is 0.639. The van der Waals surface area contributed by atoms with Crippen molar-refractivity contribution in [3.63, 3.8) is 0 Å². The Morgan fingerprint density at radius 3 is 2.82 bits per heavy atom. The summed E-state index contributed by atoms with van der Waals surface area (Å²) in [6.45, 7) is 1.90. The molecule has 114 valence electrons. The predicted octanol–water partition coefficient (Wildman–Crippen LogP) is 2.19. The number of ether oxygens (including phenoxy) is 1. The maximum absolute atomic E-state index is 11.7. The van der Waals surface area contributed by atoms with Gasteiger partial charge in [-0.05, 0) is 31.9 Å². The minimum atomic E-state index is -0.227. The summed E-state index contributed by atoms with van der Waals surface area (Å²) in [7, 11) is 1.39. The van der Waals surface area contributed by atoms with Crippen molar-refractivity contribution < 1.29 is 14.3 Å². The zero-order chi connectivity index (χ0) is 15.7. The first-order chi connectivity index (χ1) is 10.6. The van der Waals surface area contributed by atoms with E-state index in [1.165, 1.54) is 7.11 Å². The number of esters is 1. The highest BCUT2D eigenvalue weighted by atomic mass is 16.5. The normalized spacial score (nSPS) is 20.3. The molecule has 1 aliphatic carbocycles. The standard InChI is InChI=1S/C16H17N3O3/c1-10-4-3-5-13(17-10)12-8-19(18-14(12)9-20)15-7-6-11(15)16(21)22-2/h3-5,8-9,11,15H,6-7H2,1-2H3. The van der Waals surface area contributed by atoms with E-state index in [2.05, 4.69) is 10.1 Å². The van der Waals surface area contributed by atoms with Gasteiger partial charge in [-0.15, -0.1) is 0 Å². The van der Waals surface area contributed by atoms with E-state index in [-0.39, 0.29) is 17.9 Å². The van der Waals surface area contributed by atoms with Crippen LogP contribution in [0.25, 0.3) is 11.3 Å². The molecule has 2 atom stereocenters. The summed E-state index contributed by atoms with van der Waals surface area (Å²) in [5, 5.41) is 4.32. The Labute approximate surface area is 128 Å². The van der Waals surface area contributed by atoms with Crippen molar-refractivity contribution in [2.24, 2.45) is 5.92 Å². The van der Waals surface area contributed by atoms with Crippen molar-refractivity contribution >= 4 is 12.3 Å². The number of nitrogens with zero attached hydrogens (tertiary/aromatic N) is 3. The minimum Gasteiger partial charge on any atom is -0.469 e. The maximum atomic E-state index is 11.7. The number of carbonyl (C=O) groups is 2. The van der Waals surface area contributed by atoms with Gasteiger partial charge in [-0.2, -0.15) is 5.10 Å². The molecule has 3 rings (SSSR count). The van der Waals surface area contributed by atoms with Gasteiger partial charge in [0.15, 0.2) is 6.29 Å². The van der Waals surface area contributed by atoms with E-state index in [0.29, 0.717) is 17.0 Å². The smallest absolute Gasteiger partial charge is 0.310 e. The number of rotatable bonds is 4. The second kappa shape index (κ2) is 5.71. The molecule has 0 spiro atoms. The lowest BCUT2D eigenvalue weighted by atomic mass is 9.79. The fourth-order valence-electron chi connectivity index (χ4n) is 2.78. The molecular weight excluding hydrogens is 282 g/mol. The van der Waals surface area contributed by atoms with Crippen LogP contribution >= 0.6 is 0 Å². The number of methoxy groups -OCH3 is 1. The summed E-state index contributed by atoms with van der Waals surface area (Å²) in [4.78, 5) is 27.4. The van der Waals surface area contributed by atoms with Crippen LogP contribution in [0.2, 0.25) is 0 Å². The van der Waals surface area contributed by atoms with Crippen LogP contribution < -0.4 is 0 Å². The average Bonchev–Trinajstić information content (AvgIpc) is 2.89. The minimum absolute atomic E-state index is 0.0512. The van der Waals surface area contributed by atoms with Crippen LogP contribution in [0.5, 0.6) is 0 Å². The van der Waals surface area contributed by atoms with Gasteiger partial charge < -0.3 is 4.74 Å². The fourth-order valence-corrected chi connectivity index (χ4v) is 2.78. The van der Waals surface area contributed by atoms with Gasteiger partial charge in [0.05, 0.1) is 24.8 Å². The van der Waals surface area contributed by atoms with Gasteiger partial charge in [-0.3, -0.25) is 19.3 Å². The molecule has 2 unspecified atom stereocenters. The number of carbonyl (C=O) groups excluding carboxylic acids is 2. The van der Waals surface area contributed by atoms with E-state index >= 15 is 0 Å². The molecule has 6 nitrogen and oxygen atoms in total. The molecule has 6 heteroatoms. The van der Waals surface area contributed by atoms with Crippen molar-refractivity contribution in [3.8, 4) is 11.3 Å². The molecule has 0 aliphatic heterocycles. The van der Waals surface area contributed by atoms with Gasteiger partial charge in [-0.25, -0.2) is 0 Å². The van der Waals surface area contributed by atoms with Crippen LogP contribution in [0.15, 0.2) is 24.4 Å². The summed E-state index contributed by atoms with van der Waals surface area (Å²) in [6.07, 6.45) is 4.15. The average molecular weight is 299 g/mol. The lowest BCUT2D eigenvalue weighted by Gasteiger charge is -2.34. The van der Waals surface area contributed by atoms with E-state index in [1.807, 2.05) is 25.1 Å². The zero-order valence-electron chi connectivity index (χ0n) is 12.5. The summed E-state index contributed by atoms with van der Waals surface area (Å²) < 4.78 is 6.51. The highest BCUT2D eigenvalue weighted by Gasteiger charge is 2.39. The first kappa shape index (κ1) is 14.4. The highest BCUT2D eigenvalue weighted by molar-refractivity contribution is 5.84. The van der Waals surface area contributed by atoms with Crippen molar-refractivity contribution in [1.82, 2.24) is 14.8 Å². The van der Waals surface area contributed by atoms with Gasteiger partial charge in [0.1, 0.15) is 5.69 Å². The van der Waals surface area contributed by atoms with Crippen molar-refractivity contribution in [1.29, 1.82) is 0 Å². The molecule has 2 aromatic heterocycles. The molecule has 0 saturated heterocycles. The van der Waals surface area contributed by atoms with Crippen LogP contribution in [0.3, 0.4) is 0 Å². The van der Waals surface area contributed by atoms with Gasteiger partial charge in [0.25, 0.3) is 0 Å². The summed E-state index contributed by atoms with van der Waals surface area (Å²) >= 11 is 0. The zero-order valence-corrected chi connectivity index (χ0v) is 12.5. The maximum Gasteiger partial charge on any atom is 0.310 e. The third-order valence-corrected chi connectivity index (χ3v) is 4.12. The molecule has 22 heavy (non-hydrogen) atoms. The SMILES string of the molecule is COC(=O)C1CCC1n1cc(-c2cccc(C)n2)c(C=O)n1. The van der Waals surface area contributed by atoms with Crippen LogP contribution in [0, 0.1) is 12.8 Å². The van der Waals surface area contributed by atoms with Crippen molar-refractivity contribution in [2.45, 2.75) is 25.8 Å². The third kappa shape index (κ3) is 2.41. The van der Waals surface area contributed by atoms with E-state index < -0.39 is 0 Å². The van der Waals surface area contributed by atoms with Crippen molar-refractivity contribution in [2.75, 3.05) is 7.11 Å². The molecule has 0 bridgehead atoms. The molecule has 1 fully saturated rings. The Kier molecular flexibility index (Phi) is 3.75. The first-order valence-corrected chi connectivity index (χ1v) is 7.20. The number of aryl methyl sites for hydroxylation is 1. The van der Waals surface area contributed by atoms with Crippen LogP contribution in [-0.4, -0.2) is 34.1 Å². The summed E-state index contributed by atoms with van der Waals surface area (Å²) in [6, 6.07) is 5.59. The number of aromatic nitrogens is 3. The number of hydrogen-bond acceptors (Lipinski definition) is 5. The van der Waals surface area contributed by atoms with Crippen LogP contribution in [0.4, 0.5) is 0 Å². The second-order valence-electron chi connectivity index (χ2n) is 5.46. The van der Waals surface area contributed by atoms with Gasteiger partial charge in [0.2, 0.25) is 0 Å². The first-order valence-electron chi connectivity index (χ1n) is 7.20. The Morgan fingerprint density at radius 1 is 1.41 bits per heavy atom. The molecule has 2 heterocycles. The Bertz CT molecular complexity index is 723. The topological polar surface area (TPSA) is 74.1 Å². The van der Waals surface area contributed by atoms with Gasteiger partial charge in [-0.1, -0.05) is 6.07 Å². The van der Waals surface area contributed by atoms with E-state index in [9.17, 15) is 9.59 Å². The molecule has 0 radical (unpaired) electrons. The van der Waals surface area contributed by atoms with Gasteiger partial charge >= 0.3 is 5.97 Å². The van der Waals surface area contributed by atoms with Crippen molar-refractivity contribution in [3.05, 3.63) is 35.8 Å². The Balaban J connectivity index is 1.95. The number of aldehydes is 1. The number of hydrogen-bond donors (Lipinski definition) is 0. The molecule has 1 aliphatic rings. The fraction of sp³-hybridized carbons (Fsp3) is 0.375. The summed E-state index contributed by atoms with van der Waals surface area (Å²) in [5.74, 6) is -0.419. The molecule has 0 amide bonds. The predicted molar refractivity (Wildman–Crippen MR) is 79.4 cm³/mol. The largest absolute Gasteiger partial charge is 0.469 e. The van der Waals surface area contributed by atoms with Gasteiger partial charge in [0, 0.05) is 17.5 Å². The Morgan fingerprint density at radius 2 is 2.23 bits per heavy atom. The second-order valence-corrected chi connectivity index (χ2v) is 5.46. The van der Waals surface area contributed by atoms with Crippen LogP contribution in [0.1, 0.15) is 35.1 Å². The van der Waals surface area contributed by atoms with E-state index in [4.69, 9.17) is 4.74 Å². The number of pyridine rings is 1. The molecule has 2 aromatic rings. The lowest BCUT2D eigenvalue weighted by molar-refractivity contribution is -0.151. The molecule has 0 aromatic carbocycles. The van der Waals surface area contributed by atoms with E-state index in [1.54, 1.807) is 10.9 Å². The Hall–Kier alpha value is -2.50. The highest BCUT2D eigenvalue weighted by Crippen LogP contribution is 2.39. The molecule has 0 N–H and O–H groups in total. The monoisotopic (exact) mass is 299 g/mol. The third-order valence-electron chi connectivity index (χ3n) is 4.12. The lowest BCUT2D eigenvalue weighted by Crippen LogP contribution is -2.36. The van der Waals surface area contributed by atoms with Crippen LogP contribution in [-0.2, 0) is 9.53 Å². The molecule has 1 saturated carbocycles. The van der Waals surface area contributed by atoms with E-state index in [0.717, 1.165) is 24.8 Å². The summed E-state index contributed by atoms with van der Waals surface area (Å²) in [5.41, 5.74) is 2.61. The molecular formula is C16H17N3O3.